The molecule has 3 aromatic carbocycles. The third kappa shape index (κ3) is 7.97. The van der Waals surface area contributed by atoms with Gasteiger partial charge in [0.1, 0.15) is 12.9 Å². The van der Waals surface area contributed by atoms with Crippen LogP contribution in [0.5, 0.6) is 0 Å². The average molecular weight is 529 g/mol. The predicted molar refractivity (Wildman–Crippen MR) is 150 cm³/mol. The molecule has 2 fully saturated rings. The SMILES string of the molecule is O=C1CN(Cc2ccccc2)CC(=O)NCCN(Cc2ccc(-c3ccc(C4COCO4)cc3)cc2)CCN1. The Balaban J connectivity index is 1.15. The fourth-order valence-corrected chi connectivity index (χ4v) is 4.98. The maximum absolute atomic E-state index is 12.6. The maximum Gasteiger partial charge on any atom is 0.234 e. The molecule has 8 nitrogen and oxygen atoms in total. The lowest BCUT2D eigenvalue weighted by molar-refractivity contribution is -0.125. The van der Waals surface area contributed by atoms with Gasteiger partial charge in [-0.3, -0.25) is 19.4 Å². The first kappa shape index (κ1) is 27.0. The van der Waals surface area contributed by atoms with Crippen LogP contribution >= 0.6 is 0 Å². The molecule has 5 rings (SSSR count). The largest absolute Gasteiger partial charge is 0.354 e. The summed E-state index contributed by atoms with van der Waals surface area (Å²) in [6.07, 6.45) is 0.0178. The number of hydrogen-bond acceptors (Lipinski definition) is 6. The summed E-state index contributed by atoms with van der Waals surface area (Å²) in [7, 11) is 0. The minimum Gasteiger partial charge on any atom is -0.354 e. The summed E-state index contributed by atoms with van der Waals surface area (Å²) in [4.78, 5) is 29.4. The van der Waals surface area contributed by atoms with E-state index in [1.807, 2.05) is 35.2 Å². The molecule has 0 spiro atoms. The number of nitrogens with one attached hydrogen (secondary N) is 2. The van der Waals surface area contributed by atoms with Gasteiger partial charge < -0.3 is 20.1 Å². The number of hydrogen-bond donors (Lipinski definition) is 2. The number of amides is 2. The highest BCUT2D eigenvalue weighted by atomic mass is 16.7. The fourth-order valence-electron chi connectivity index (χ4n) is 4.98. The van der Waals surface area contributed by atoms with Crippen LogP contribution in [0.4, 0.5) is 0 Å². The Hall–Kier alpha value is -3.56. The Labute approximate surface area is 229 Å². The Bertz CT molecular complexity index is 1190. The van der Waals surface area contributed by atoms with Gasteiger partial charge in [0.2, 0.25) is 11.8 Å². The summed E-state index contributed by atoms with van der Waals surface area (Å²) >= 11 is 0. The van der Waals surface area contributed by atoms with E-state index in [4.69, 9.17) is 9.47 Å². The van der Waals surface area contributed by atoms with E-state index < -0.39 is 0 Å². The van der Waals surface area contributed by atoms with Crippen molar-refractivity contribution in [3.05, 3.63) is 95.6 Å². The van der Waals surface area contributed by atoms with E-state index in [0.717, 1.165) is 28.8 Å². The van der Waals surface area contributed by atoms with Gasteiger partial charge in [-0.05, 0) is 27.8 Å². The lowest BCUT2D eigenvalue weighted by Gasteiger charge is -2.26. The lowest BCUT2D eigenvalue weighted by Crippen LogP contribution is -2.47. The molecule has 2 aliphatic rings. The predicted octanol–water partition coefficient (Wildman–Crippen LogP) is 2.95. The Morgan fingerprint density at radius 3 is 1.85 bits per heavy atom. The second-order valence-corrected chi connectivity index (χ2v) is 10.1. The van der Waals surface area contributed by atoms with Crippen molar-refractivity contribution < 1.29 is 19.1 Å². The van der Waals surface area contributed by atoms with Gasteiger partial charge in [-0.1, -0.05) is 78.9 Å². The van der Waals surface area contributed by atoms with E-state index in [-0.39, 0.29) is 31.0 Å². The summed E-state index contributed by atoms with van der Waals surface area (Å²) in [6, 6.07) is 26.9. The van der Waals surface area contributed by atoms with Gasteiger partial charge >= 0.3 is 0 Å². The van der Waals surface area contributed by atoms with Crippen LogP contribution in [-0.4, -0.2) is 74.3 Å². The van der Waals surface area contributed by atoms with Crippen LogP contribution in [0, 0.1) is 0 Å². The van der Waals surface area contributed by atoms with Gasteiger partial charge in [-0.2, -0.15) is 0 Å². The zero-order valence-corrected chi connectivity index (χ0v) is 22.2. The highest BCUT2D eigenvalue weighted by Gasteiger charge is 2.19. The molecule has 0 saturated carbocycles. The molecule has 1 atom stereocenters. The van der Waals surface area contributed by atoms with E-state index in [1.165, 1.54) is 5.56 Å². The maximum atomic E-state index is 12.6. The molecule has 0 aromatic heterocycles. The first-order valence-electron chi connectivity index (χ1n) is 13.5. The van der Waals surface area contributed by atoms with Crippen molar-refractivity contribution in [2.24, 2.45) is 0 Å². The zero-order chi connectivity index (χ0) is 26.9. The molecule has 2 N–H and O–H groups in total. The number of rotatable bonds is 6. The average Bonchev–Trinajstić information content (AvgIpc) is 3.49. The van der Waals surface area contributed by atoms with Crippen LogP contribution in [0.2, 0.25) is 0 Å². The molecule has 0 radical (unpaired) electrons. The summed E-state index contributed by atoms with van der Waals surface area (Å²) in [5.41, 5.74) is 5.70. The summed E-state index contributed by atoms with van der Waals surface area (Å²) in [5, 5.41) is 6.06. The molecule has 2 saturated heterocycles. The number of ether oxygens (including phenoxy) is 2. The van der Waals surface area contributed by atoms with Crippen molar-refractivity contribution in [1.82, 2.24) is 20.4 Å². The fraction of sp³-hybridized carbons (Fsp3) is 0.355. The lowest BCUT2D eigenvalue weighted by atomic mass is 10.0. The van der Waals surface area contributed by atoms with E-state index in [0.29, 0.717) is 46.1 Å². The van der Waals surface area contributed by atoms with Crippen molar-refractivity contribution in [3.8, 4) is 11.1 Å². The van der Waals surface area contributed by atoms with E-state index in [9.17, 15) is 9.59 Å². The Morgan fingerprint density at radius 1 is 0.692 bits per heavy atom. The van der Waals surface area contributed by atoms with Crippen LogP contribution in [0.1, 0.15) is 22.8 Å². The van der Waals surface area contributed by atoms with Gasteiger partial charge in [-0.15, -0.1) is 0 Å². The quantitative estimate of drug-likeness (QED) is 0.512. The number of carbonyl (C=O) groups is 2. The van der Waals surface area contributed by atoms with Gasteiger partial charge in [0.25, 0.3) is 0 Å². The van der Waals surface area contributed by atoms with Crippen LogP contribution < -0.4 is 10.6 Å². The van der Waals surface area contributed by atoms with Crippen molar-refractivity contribution >= 4 is 11.8 Å². The van der Waals surface area contributed by atoms with Gasteiger partial charge in [-0.25, -0.2) is 0 Å². The van der Waals surface area contributed by atoms with E-state index in [1.54, 1.807) is 0 Å². The number of nitrogens with zero attached hydrogens (tertiary/aromatic N) is 2. The molecule has 3 aromatic rings. The molecular weight excluding hydrogens is 492 g/mol. The number of benzene rings is 3. The second kappa shape index (κ2) is 13.5. The highest BCUT2D eigenvalue weighted by Crippen LogP contribution is 2.26. The minimum absolute atomic E-state index is 0.0178. The molecule has 0 aliphatic carbocycles. The summed E-state index contributed by atoms with van der Waals surface area (Å²) in [5.74, 6) is -0.136. The number of carbonyl (C=O) groups excluding carboxylic acids is 2. The first-order chi connectivity index (χ1) is 19.1. The molecular formula is C31H36N4O4. The standard InChI is InChI=1S/C31H36N4O4/c36-30-20-35(19-24-4-2-1-3-5-24)21-31(37)33-15-17-34(16-14-32-30)18-25-6-8-26(9-7-25)27-10-12-28(13-11-27)29-22-38-23-39-29/h1-13,29H,14-23H2,(H,32,36)(H,33,37). The highest BCUT2D eigenvalue weighted by molar-refractivity contribution is 5.81. The zero-order valence-electron chi connectivity index (χ0n) is 22.2. The van der Waals surface area contributed by atoms with Crippen LogP contribution in [0.3, 0.4) is 0 Å². The third-order valence-electron chi connectivity index (χ3n) is 7.08. The minimum atomic E-state index is -0.0679. The third-order valence-corrected chi connectivity index (χ3v) is 7.08. The topological polar surface area (TPSA) is 83.1 Å². The molecule has 0 bridgehead atoms. The van der Waals surface area contributed by atoms with E-state index in [2.05, 4.69) is 64.1 Å². The normalized spacial score (nSPS) is 20.1. The van der Waals surface area contributed by atoms with Crippen molar-refractivity contribution in [1.29, 1.82) is 0 Å². The summed E-state index contributed by atoms with van der Waals surface area (Å²) in [6.45, 7) is 5.16. The second-order valence-electron chi connectivity index (χ2n) is 10.1. The van der Waals surface area contributed by atoms with Crippen molar-refractivity contribution in [2.45, 2.75) is 19.2 Å². The van der Waals surface area contributed by atoms with Gasteiger partial charge in [0.15, 0.2) is 0 Å². The van der Waals surface area contributed by atoms with Crippen LogP contribution in [0.25, 0.3) is 11.1 Å². The van der Waals surface area contributed by atoms with Crippen molar-refractivity contribution in [2.75, 3.05) is 52.7 Å². The smallest absolute Gasteiger partial charge is 0.234 e. The molecule has 39 heavy (non-hydrogen) atoms. The van der Waals surface area contributed by atoms with Crippen molar-refractivity contribution in [3.63, 3.8) is 0 Å². The van der Waals surface area contributed by atoms with Crippen LogP contribution in [-0.2, 0) is 32.2 Å². The van der Waals surface area contributed by atoms with E-state index >= 15 is 0 Å². The van der Waals surface area contributed by atoms with Gasteiger partial charge in [0, 0.05) is 39.3 Å². The molecule has 204 valence electrons. The molecule has 2 amide bonds. The monoisotopic (exact) mass is 528 g/mol. The molecule has 8 heteroatoms. The van der Waals surface area contributed by atoms with Gasteiger partial charge in [0.05, 0.1) is 19.7 Å². The first-order valence-corrected chi connectivity index (χ1v) is 13.5. The summed E-state index contributed by atoms with van der Waals surface area (Å²) < 4.78 is 10.9. The Morgan fingerprint density at radius 2 is 1.26 bits per heavy atom. The Kier molecular flexibility index (Phi) is 9.34. The molecule has 2 heterocycles. The van der Waals surface area contributed by atoms with Crippen LogP contribution in [0.15, 0.2) is 78.9 Å². The molecule has 2 aliphatic heterocycles. The molecule has 1 unspecified atom stereocenters.